The molecule has 12 heavy (non-hydrogen) atoms. The van der Waals surface area contributed by atoms with Gasteiger partial charge in [0.25, 0.3) is 0 Å². The van der Waals surface area contributed by atoms with Crippen molar-refractivity contribution in [3.05, 3.63) is 29.5 Å². The van der Waals surface area contributed by atoms with E-state index in [1.54, 1.807) is 19.2 Å². The molecule has 1 unspecified atom stereocenters. The molecule has 0 saturated carbocycles. The normalized spacial score (nSPS) is 11.9. The lowest BCUT2D eigenvalue weighted by atomic mass is 10.4. The van der Waals surface area contributed by atoms with Gasteiger partial charge in [0.05, 0.1) is 0 Å². The molecule has 2 nitrogen and oxygen atoms in total. The number of aliphatic hydroxyl groups is 1. The van der Waals surface area contributed by atoms with Gasteiger partial charge in [-0.1, -0.05) is 11.6 Å². The Balaban J connectivity index is 0.00000121. The number of aromatic nitrogens is 1. The zero-order chi connectivity index (χ0) is 8.27. The third-order valence-corrected chi connectivity index (χ3v) is 1.52. The summed E-state index contributed by atoms with van der Waals surface area (Å²) in [6, 6.07) is 3.66. The number of rotatable bonds is 2. The molecular weight excluding hydrogens is 197 g/mol. The topological polar surface area (TPSA) is 24.1 Å². The van der Waals surface area contributed by atoms with Crippen LogP contribution in [-0.2, 0) is 6.54 Å². The van der Waals surface area contributed by atoms with Crippen molar-refractivity contribution in [2.75, 3.05) is 0 Å². The molecule has 0 aliphatic carbocycles. The summed E-state index contributed by atoms with van der Waals surface area (Å²) in [6.45, 7) is 2.33. The van der Waals surface area contributed by atoms with E-state index in [2.05, 4.69) is 0 Å². The Kier molecular flexibility index (Phi) is 5.22. The molecule has 1 atom stereocenters. The van der Waals surface area contributed by atoms with Crippen LogP contribution in [-0.4, -0.2) is 11.2 Å². The van der Waals surface area contributed by atoms with Crippen LogP contribution in [0.2, 0.25) is 5.02 Å². The first-order valence-electron chi connectivity index (χ1n) is 3.51. The van der Waals surface area contributed by atoms with Crippen molar-refractivity contribution < 1.29 is 22.1 Å². The minimum absolute atomic E-state index is 0. The first-order chi connectivity index (χ1) is 5.18. The zero-order valence-corrected chi connectivity index (χ0v) is 8.26. The summed E-state index contributed by atoms with van der Waals surface area (Å²) in [6.07, 6.45) is 3.32. The van der Waals surface area contributed by atoms with Crippen LogP contribution < -0.4 is 17.0 Å². The van der Waals surface area contributed by atoms with Crippen LogP contribution in [0.4, 0.5) is 0 Å². The van der Waals surface area contributed by atoms with Crippen LogP contribution >= 0.6 is 11.6 Å². The van der Waals surface area contributed by atoms with Crippen LogP contribution in [0.5, 0.6) is 0 Å². The molecule has 0 fully saturated rings. The van der Waals surface area contributed by atoms with Crippen molar-refractivity contribution in [3.63, 3.8) is 0 Å². The van der Waals surface area contributed by atoms with E-state index in [4.69, 9.17) is 16.7 Å². The quantitative estimate of drug-likeness (QED) is 0.559. The first kappa shape index (κ1) is 11.7. The Morgan fingerprint density at radius 1 is 1.67 bits per heavy atom. The van der Waals surface area contributed by atoms with Gasteiger partial charge in [-0.05, 0) is 13.0 Å². The van der Waals surface area contributed by atoms with Gasteiger partial charge in [0.1, 0.15) is 11.1 Å². The molecule has 1 rings (SSSR count). The lowest BCUT2D eigenvalue weighted by Gasteiger charge is -1.98. The van der Waals surface area contributed by atoms with Crippen LogP contribution in [0.25, 0.3) is 0 Å². The van der Waals surface area contributed by atoms with Crippen LogP contribution in [0.1, 0.15) is 6.92 Å². The Hall–Kier alpha value is -0.310. The molecular formula is C8H11Cl2NO. The van der Waals surface area contributed by atoms with Gasteiger partial charge in [0.15, 0.2) is 18.9 Å². The van der Waals surface area contributed by atoms with Gasteiger partial charge in [0, 0.05) is 6.07 Å². The van der Waals surface area contributed by atoms with E-state index in [0.29, 0.717) is 11.6 Å². The van der Waals surface area contributed by atoms with Gasteiger partial charge in [0.2, 0.25) is 0 Å². The molecule has 0 aromatic carbocycles. The Morgan fingerprint density at radius 2 is 2.33 bits per heavy atom. The number of nitrogens with zero attached hydrogens (tertiary/aromatic N) is 1. The number of halogens is 2. The summed E-state index contributed by atoms with van der Waals surface area (Å²) in [5.41, 5.74) is 0. The van der Waals surface area contributed by atoms with Crippen LogP contribution in [0.15, 0.2) is 24.5 Å². The fourth-order valence-corrected chi connectivity index (χ4v) is 1.11. The van der Waals surface area contributed by atoms with Crippen LogP contribution in [0.3, 0.4) is 0 Å². The minimum Gasteiger partial charge on any atom is -1.00 e. The highest BCUT2D eigenvalue weighted by Crippen LogP contribution is 2.01. The third kappa shape index (κ3) is 3.90. The average Bonchev–Trinajstić information content (AvgIpc) is 1.85. The van der Waals surface area contributed by atoms with Crippen molar-refractivity contribution in [1.29, 1.82) is 0 Å². The maximum Gasteiger partial charge on any atom is 0.187 e. The lowest BCUT2D eigenvalue weighted by molar-refractivity contribution is -0.703. The second-order valence-corrected chi connectivity index (χ2v) is 3.00. The molecule has 0 aliphatic heterocycles. The zero-order valence-electron chi connectivity index (χ0n) is 6.74. The van der Waals surface area contributed by atoms with Gasteiger partial charge in [-0.3, -0.25) is 0 Å². The van der Waals surface area contributed by atoms with E-state index in [1.807, 2.05) is 16.8 Å². The molecule has 0 amide bonds. The van der Waals surface area contributed by atoms with Crippen LogP contribution in [0, 0.1) is 0 Å². The van der Waals surface area contributed by atoms with Crippen molar-refractivity contribution in [3.8, 4) is 0 Å². The molecule has 1 aromatic rings. The maximum absolute atomic E-state index is 9.03. The first-order valence-corrected chi connectivity index (χ1v) is 3.89. The van der Waals surface area contributed by atoms with E-state index < -0.39 is 0 Å². The summed E-state index contributed by atoms with van der Waals surface area (Å²) in [5, 5.41) is 9.72. The number of hydrogen-bond donors (Lipinski definition) is 1. The number of hydrogen-bond acceptors (Lipinski definition) is 1. The average molecular weight is 208 g/mol. The summed E-state index contributed by atoms with van der Waals surface area (Å²) in [4.78, 5) is 0. The summed E-state index contributed by atoms with van der Waals surface area (Å²) >= 11 is 5.73. The molecule has 0 bridgehead atoms. The molecule has 0 aliphatic rings. The standard InChI is InChI=1S/C8H11ClNO.ClH/c1-7(11)5-10-4-2-3-8(9)6-10;/h2-4,6-7,11H,5H2,1H3;1H/q+1;/p-1. The Bertz CT molecular complexity index is 240. The second kappa shape index (κ2) is 5.36. The highest BCUT2D eigenvalue weighted by molar-refractivity contribution is 6.30. The number of pyridine rings is 1. The summed E-state index contributed by atoms with van der Waals surface area (Å²) < 4.78 is 1.85. The molecule has 0 radical (unpaired) electrons. The fourth-order valence-electron chi connectivity index (χ4n) is 0.909. The van der Waals surface area contributed by atoms with E-state index in [1.165, 1.54) is 0 Å². The van der Waals surface area contributed by atoms with E-state index in [9.17, 15) is 0 Å². The lowest BCUT2D eigenvalue weighted by Crippen LogP contribution is -3.00. The molecule has 0 spiro atoms. The predicted octanol–water partition coefficient (Wildman–Crippen LogP) is -1.99. The van der Waals surface area contributed by atoms with Crippen molar-refractivity contribution in [2.45, 2.75) is 19.6 Å². The van der Waals surface area contributed by atoms with Gasteiger partial charge < -0.3 is 17.5 Å². The highest BCUT2D eigenvalue weighted by Gasteiger charge is 2.04. The highest BCUT2D eigenvalue weighted by atomic mass is 35.5. The predicted molar refractivity (Wildman–Crippen MR) is 43.3 cm³/mol. The summed E-state index contributed by atoms with van der Waals surface area (Å²) in [5.74, 6) is 0. The largest absolute Gasteiger partial charge is 1.00 e. The number of aliphatic hydroxyl groups excluding tert-OH is 1. The van der Waals surface area contributed by atoms with Crippen molar-refractivity contribution in [2.24, 2.45) is 0 Å². The van der Waals surface area contributed by atoms with Crippen molar-refractivity contribution >= 4 is 11.6 Å². The Morgan fingerprint density at radius 3 is 2.83 bits per heavy atom. The third-order valence-electron chi connectivity index (χ3n) is 1.30. The molecule has 1 N–H and O–H groups in total. The molecule has 68 valence electrons. The van der Waals surface area contributed by atoms with Gasteiger partial charge in [-0.15, -0.1) is 0 Å². The van der Waals surface area contributed by atoms with Gasteiger partial charge in [-0.25, -0.2) is 4.57 Å². The van der Waals surface area contributed by atoms with Gasteiger partial charge in [-0.2, -0.15) is 0 Å². The fraction of sp³-hybridized carbons (Fsp3) is 0.375. The van der Waals surface area contributed by atoms with E-state index >= 15 is 0 Å². The molecule has 0 saturated heterocycles. The smallest absolute Gasteiger partial charge is 0.187 e. The summed E-state index contributed by atoms with van der Waals surface area (Å²) in [7, 11) is 0. The maximum atomic E-state index is 9.03. The van der Waals surface area contributed by atoms with E-state index in [0.717, 1.165) is 0 Å². The van der Waals surface area contributed by atoms with E-state index in [-0.39, 0.29) is 18.5 Å². The van der Waals surface area contributed by atoms with Gasteiger partial charge >= 0.3 is 0 Å². The SMILES string of the molecule is CC(O)C[n+]1cccc(Cl)c1.[Cl-]. The molecule has 4 heteroatoms. The molecule has 1 heterocycles. The minimum atomic E-state index is -0.335. The second-order valence-electron chi connectivity index (χ2n) is 2.57. The molecule has 1 aromatic heterocycles. The monoisotopic (exact) mass is 207 g/mol. The Labute approximate surface area is 83.2 Å². The van der Waals surface area contributed by atoms with Crippen molar-refractivity contribution in [1.82, 2.24) is 0 Å².